The zero-order valence-corrected chi connectivity index (χ0v) is 28.9. The third kappa shape index (κ3) is 4.69. The van der Waals surface area contributed by atoms with Gasteiger partial charge in [-0.15, -0.1) is 0 Å². The summed E-state index contributed by atoms with van der Waals surface area (Å²) in [7, 11) is 0. The Hall–Kier alpha value is -5.91. The van der Waals surface area contributed by atoms with Crippen LogP contribution in [0.4, 0.5) is 0 Å². The molecule has 5 aromatic carbocycles. The Morgan fingerprint density at radius 3 is 2.49 bits per heavy atom. The molecule has 0 N–H and O–H groups in total. The number of hydrogen-bond donors (Lipinski definition) is 0. The molecule has 0 aromatic heterocycles. The van der Waals surface area contributed by atoms with E-state index in [1.807, 2.05) is 0 Å². The van der Waals surface area contributed by atoms with Crippen LogP contribution in [0.5, 0.6) is 0 Å². The van der Waals surface area contributed by atoms with Gasteiger partial charge < -0.3 is 4.74 Å². The lowest BCUT2D eigenvalue weighted by atomic mass is 9.72. The topological polar surface area (TPSA) is 21.6 Å². The maximum atomic E-state index is 6.72. The normalized spacial score (nSPS) is 24.1. The van der Waals surface area contributed by atoms with Gasteiger partial charge >= 0.3 is 0 Å². The third-order valence-corrected chi connectivity index (χ3v) is 11.6. The predicted molar refractivity (Wildman–Crippen MR) is 209 cm³/mol. The molecule has 4 unspecified atom stereocenters. The largest absolute Gasteiger partial charge is 0.471 e. The molecule has 2 nitrogen and oxygen atoms in total. The second-order valence-corrected chi connectivity index (χ2v) is 14.6. The lowest BCUT2D eigenvalue weighted by Gasteiger charge is -2.30. The highest BCUT2D eigenvalue weighted by Gasteiger charge is 2.48. The molecule has 0 saturated heterocycles. The molecule has 2 heteroatoms. The first-order valence-electron chi connectivity index (χ1n) is 18.1. The molecule has 5 aliphatic rings. The van der Waals surface area contributed by atoms with Crippen LogP contribution in [-0.2, 0) is 4.74 Å². The lowest BCUT2D eigenvalue weighted by Crippen LogP contribution is -2.37. The number of hydrogen-bond acceptors (Lipinski definition) is 2. The van der Waals surface area contributed by atoms with Gasteiger partial charge in [-0.3, -0.25) is 0 Å². The number of fused-ring (bicyclic) bond motifs is 5. The Kier molecular flexibility index (Phi) is 6.80. The number of benzene rings is 5. The summed E-state index contributed by atoms with van der Waals surface area (Å²) < 4.78 is 6.72. The molecule has 0 fully saturated rings. The summed E-state index contributed by atoms with van der Waals surface area (Å²) in [4.78, 5) is 4.90. The molecule has 0 amide bonds. The van der Waals surface area contributed by atoms with E-state index in [-0.39, 0.29) is 23.5 Å². The molecule has 2 aliphatic heterocycles. The maximum Gasteiger partial charge on any atom is 0.202 e. The van der Waals surface area contributed by atoms with Gasteiger partial charge in [-0.25, -0.2) is 4.99 Å². The van der Waals surface area contributed by atoms with Crippen LogP contribution >= 0.6 is 0 Å². The highest BCUT2D eigenvalue weighted by atomic mass is 16.5. The van der Waals surface area contributed by atoms with E-state index in [4.69, 9.17) is 9.73 Å². The summed E-state index contributed by atoms with van der Waals surface area (Å²) in [6.45, 7) is 4.31. The summed E-state index contributed by atoms with van der Waals surface area (Å²) in [5.41, 5.74) is 12.3. The summed E-state index contributed by atoms with van der Waals surface area (Å²) in [6, 6.07) is 42.5. The quantitative estimate of drug-likeness (QED) is 0.177. The second-order valence-electron chi connectivity index (χ2n) is 14.6. The van der Waals surface area contributed by atoms with Crippen LogP contribution in [0.15, 0.2) is 168 Å². The van der Waals surface area contributed by atoms with Gasteiger partial charge in [-0.2, -0.15) is 0 Å². The lowest BCUT2D eigenvalue weighted by molar-refractivity contribution is 0.0881. The van der Waals surface area contributed by atoms with Crippen LogP contribution in [0.2, 0.25) is 0 Å². The van der Waals surface area contributed by atoms with Crippen molar-refractivity contribution in [2.75, 3.05) is 0 Å². The number of dihydropyridines is 1. The van der Waals surface area contributed by atoms with Gasteiger partial charge in [0.25, 0.3) is 0 Å². The van der Waals surface area contributed by atoms with Crippen LogP contribution in [0.25, 0.3) is 33.0 Å². The zero-order chi connectivity index (χ0) is 34.1. The van der Waals surface area contributed by atoms with Crippen molar-refractivity contribution in [3.63, 3.8) is 0 Å². The Morgan fingerprint density at radius 1 is 0.765 bits per heavy atom. The molecule has 51 heavy (non-hydrogen) atoms. The standard InChI is InChI=1S/C49H37NO/c1-31-27-28-49(2)44-24-12-23-39(47(44)51-48(49)50-31)34-15-10-17-35(30-34)45-40-18-6-8-20-42(40)46(43-21-9-7-19-41(43)45)36-25-26-38-33(29-36)16-11-22-37(38)32-13-4-3-5-14-32/h3-6,8,10-18,20-22,24-30,39,41,48H,19,23H2,1-2H3. The van der Waals surface area contributed by atoms with Crippen molar-refractivity contribution in [1.82, 2.24) is 0 Å². The molecule has 0 radical (unpaired) electrons. The van der Waals surface area contributed by atoms with Crippen molar-refractivity contribution < 1.29 is 4.74 Å². The first-order chi connectivity index (χ1) is 25.1. The molecular weight excluding hydrogens is 619 g/mol. The van der Waals surface area contributed by atoms with Crippen molar-refractivity contribution in [3.05, 3.63) is 190 Å². The number of nitrogens with zero attached hydrogens (tertiary/aromatic N) is 1. The average molecular weight is 656 g/mol. The van der Waals surface area contributed by atoms with Crippen LogP contribution in [-0.4, -0.2) is 11.9 Å². The minimum Gasteiger partial charge on any atom is -0.471 e. The van der Waals surface area contributed by atoms with E-state index in [1.165, 1.54) is 71.3 Å². The molecule has 0 spiro atoms. The van der Waals surface area contributed by atoms with E-state index in [0.29, 0.717) is 0 Å². The molecule has 0 bridgehead atoms. The number of rotatable bonds is 4. The van der Waals surface area contributed by atoms with Crippen molar-refractivity contribution >= 4 is 27.6 Å². The average Bonchev–Trinajstić information content (AvgIpc) is 3.48. The predicted octanol–water partition coefficient (Wildman–Crippen LogP) is 9.56. The summed E-state index contributed by atoms with van der Waals surface area (Å²) >= 11 is 0. The van der Waals surface area contributed by atoms with E-state index < -0.39 is 0 Å². The van der Waals surface area contributed by atoms with E-state index >= 15 is 0 Å². The van der Waals surface area contributed by atoms with Gasteiger partial charge in [0, 0.05) is 29.5 Å². The smallest absolute Gasteiger partial charge is 0.202 e. The minimum absolute atomic E-state index is 0.150. The van der Waals surface area contributed by atoms with Gasteiger partial charge in [0.05, 0.1) is 5.41 Å². The Morgan fingerprint density at radius 2 is 1.59 bits per heavy atom. The third-order valence-electron chi connectivity index (χ3n) is 11.6. The molecule has 4 atom stereocenters. The highest BCUT2D eigenvalue weighted by Crippen LogP contribution is 2.53. The molecule has 0 saturated carbocycles. The molecule has 10 rings (SSSR count). The zero-order valence-electron chi connectivity index (χ0n) is 28.9. The van der Waals surface area contributed by atoms with Crippen molar-refractivity contribution in [3.8, 4) is 23.0 Å². The minimum atomic E-state index is -0.239. The first kappa shape index (κ1) is 30.0. The SMILES string of the molecule is CC1=NC2OC3=C(C=CCC3c3cccc(C4=c5ccccc5=C(c5ccc6c(-c7ccccc7)cccc6c5)C5=CC#CCC54)c3)C2(C)C=C1. The van der Waals surface area contributed by atoms with Gasteiger partial charge in [0.15, 0.2) is 0 Å². The van der Waals surface area contributed by atoms with Crippen LogP contribution in [0.1, 0.15) is 49.3 Å². The molecule has 244 valence electrons. The number of allylic oxidation sites excluding steroid dienone is 6. The fraction of sp³-hybridized carbons (Fsp3) is 0.163. The molecule has 3 aliphatic carbocycles. The van der Waals surface area contributed by atoms with Crippen molar-refractivity contribution in [2.24, 2.45) is 16.3 Å². The van der Waals surface area contributed by atoms with E-state index in [0.717, 1.165) is 24.3 Å². The Labute approximate surface area is 299 Å². The Bertz CT molecular complexity index is 2660. The van der Waals surface area contributed by atoms with Gasteiger partial charge in [-0.1, -0.05) is 139 Å². The molecular formula is C49H37NO. The van der Waals surface area contributed by atoms with Crippen LogP contribution in [0.3, 0.4) is 0 Å². The van der Waals surface area contributed by atoms with Crippen molar-refractivity contribution in [1.29, 1.82) is 0 Å². The second kappa shape index (κ2) is 11.6. The van der Waals surface area contributed by atoms with E-state index in [2.05, 4.69) is 171 Å². The summed E-state index contributed by atoms with van der Waals surface area (Å²) in [5, 5.41) is 5.07. The number of aliphatic imine (C=N–C) groups is 1. The molecule has 5 aromatic rings. The monoisotopic (exact) mass is 655 g/mol. The van der Waals surface area contributed by atoms with Gasteiger partial charge in [0.1, 0.15) is 5.76 Å². The summed E-state index contributed by atoms with van der Waals surface area (Å²) in [6.07, 6.45) is 12.7. The Balaban J connectivity index is 1.13. The maximum absolute atomic E-state index is 6.72. The number of ether oxygens (including phenoxy) is 1. The van der Waals surface area contributed by atoms with E-state index in [1.54, 1.807) is 0 Å². The molecule has 2 heterocycles. The van der Waals surface area contributed by atoms with Crippen molar-refractivity contribution in [2.45, 2.75) is 38.8 Å². The fourth-order valence-electron chi connectivity index (χ4n) is 9.00. The summed E-state index contributed by atoms with van der Waals surface area (Å²) in [5.74, 6) is 8.25. The highest BCUT2D eigenvalue weighted by molar-refractivity contribution is 6.00. The van der Waals surface area contributed by atoms with Crippen LogP contribution in [0, 0.1) is 23.2 Å². The van der Waals surface area contributed by atoms with Gasteiger partial charge in [-0.05, 0) is 104 Å². The van der Waals surface area contributed by atoms with Gasteiger partial charge in [0.2, 0.25) is 6.23 Å². The van der Waals surface area contributed by atoms with Crippen LogP contribution < -0.4 is 10.4 Å². The fourth-order valence-corrected chi connectivity index (χ4v) is 9.00. The first-order valence-corrected chi connectivity index (χ1v) is 18.1. The van der Waals surface area contributed by atoms with E-state index in [9.17, 15) is 0 Å².